The Labute approximate surface area is 173 Å². The number of furan rings is 1. The molecular weight excluding hydrogens is 412 g/mol. The van der Waals surface area contributed by atoms with E-state index in [9.17, 15) is 23.2 Å². The van der Waals surface area contributed by atoms with E-state index in [0.29, 0.717) is 10.9 Å². The van der Waals surface area contributed by atoms with Crippen molar-refractivity contribution < 1.29 is 32.3 Å². The van der Waals surface area contributed by atoms with Crippen LogP contribution in [0.4, 0.5) is 8.78 Å². The van der Waals surface area contributed by atoms with E-state index >= 15 is 0 Å². The summed E-state index contributed by atoms with van der Waals surface area (Å²) in [7, 11) is 1.30. The number of rotatable bonds is 4. The lowest BCUT2D eigenvalue weighted by molar-refractivity contribution is -0.127. The van der Waals surface area contributed by atoms with Crippen LogP contribution in [0, 0.1) is 11.6 Å². The Morgan fingerprint density at radius 2 is 2.06 bits per heavy atom. The van der Waals surface area contributed by atoms with Crippen LogP contribution in [0.3, 0.4) is 0 Å². The van der Waals surface area contributed by atoms with Crippen LogP contribution in [0.15, 0.2) is 34.9 Å². The number of methoxy groups -OCH3 is 1. The molecule has 31 heavy (non-hydrogen) atoms. The van der Waals surface area contributed by atoms with Crippen LogP contribution in [-0.4, -0.2) is 41.3 Å². The van der Waals surface area contributed by atoms with Crippen molar-refractivity contribution in [1.29, 1.82) is 0 Å². The number of halogens is 2. The number of hydrogen-bond donors (Lipinski definition) is 1. The van der Waals surface area contributed by atoms with Crippen molar-refractivity contribution >= 4 is 28.8 Å². The summed E-state index contributed by atoms with van der Waals surface area (Å²) in [6, 6.07) is 5.62. The molecule has 2 aliphatic heterocycles. The zero-order chi connectivity index (χ0) is 21.9. The molecule has 0 radical (unpaired) electrons. The number of benzene rings is 1. The van der Waals surface area contributed by atoms with Crippen LogP contribution in [0.2, 0.25) is 0 Å². The van der Waals surface area contributed by atoms with Gasteiger partial charge in [-0.15, -0.1) is 0 Å². The molecule has 1 atom stereocenters. The number of carbonyl (C=O) groups is 3. The monoisotopic (exact) mass is 427 g/mol. The normalized spacial score (nSPS) is 20.5. The quantitative estimate of drug-likeness (QED) is 0.640. The summed E-state index contributed by atoms with van der Waals surface area (Å²) in [6.07, 6.45) is 0.693. The third kappa shape index (κ3) is 2.78. The molecule has 0 bridgehead atoms. The standard InChI is InChI=1S/C21H15F2N3O5/c1-30-13-3-2-10-8-26(19(28)16(10)17(13)23)9-21(6-15(27)25-20(21)29)14-5-11-4-12(22)7-24-18(11)31-14/h2-5,7H,6,8-9H2,1H3,(H,25,27,29)/t21-/m1/s1. The van der Waals surface area contributed by atoms with E-state index in [1.165, 1.54) is 30.2 Å². The minimum absolute atomic E-state index is 0.0470. The van der Waals surface area contributed by atoms with Crippen LogP contribution >= 0.6 is 0 Å². The molecule has 0 aliphatic carbocycles. The summed E-state index contributed by atoms with van der Waals surface area (Å²) in [4.78, 5) is 43.1. The van der Waals surface area contributed by atoms with E-state index in [4.69, 9.17) is 9.15 Å². The van der Waals surface area contributed by atoms with Gasteiger partial charge in [0.05, 0.1) is 25.3 Å². The maximum absolute atomic E-state index is 14.7. The van der Waals surface area contributed by atoms with Crippen molar-refractivity contribution in [3.05, 3.63) is 59.0 Å². The summed E-state index contributed by atoms with van der Waals surface area (Å²) in [5, 5.41) is 2.55. The van der Waals surface area contributed by atoms with Crippen LogP contribution in [0.5, 0.6) is 5.75 Å². The molecule has 5 rings (SSSR count). The number of pyridine rings is 1. The number of fused-ring (bicyclic) bond motifs is 2. The largest absolute Gasteiger partial charge is 0.494 e. The van der Waals surface area contributed by atoms with Gasteiger partial charge in [0.25, 0.3) is 5.91 Å². The number of nitrogens with one attached hydrogen (secondary N) is 1. The molecule has 1 saturated heterocycles. The second-order valence-electron chi connectivity index (χ2n) is 7.57. The molecule has 0 unspecified atom stereocenters. The predicted molar refractivity (Wildman–Crippen MR) is 101 cm³/mol. The third-order valence-corrected chi connectivity index (χ3v) is 5.70. The van der Waals surface area contributed by atoms with Gasteiger partial charge < -0.3 is 14.1 Å². The predicted octanol–water partition coefficient (Wildman–Crippen LogP) is 2.05. The van der Waals surface area contributed by atoms with Crippen LogP contribution in [-0.2, 0) is 21.5 Å². The SMILES string of the molecule is COc1ccc2c(c1F)C(=O)N(C[C@@]1(c3cc4cc(F)cnc4o3)CC(=O)NC1=O)C2. The second kappa shape index (κ2) is 6.59. The summed E-state index contributed by atoms with van der Waals surface area (Å²) >= 11 is 0. The topological polar surface area (TPSA) is 102 Å². The maximum atomic E-state index is 14.7. The Hall–Kier alpha value is -3.82. The van der Waals surface area contributed by atoms with E-state index in [-0.39, 0.29) is 42.3 Å². The van der Waals surface area contributed by atoms with Gasteiger partial charge in [0.2, 0.25) is 17.5 Å². The molecule has 1 N–H and O–H groups in total. The zero-order valence-electron chi connectivity index (χ0n) is 16.2. The number of aromatic nitrogens is 1. The number of imide groups is 1. The fraction of sp³-hybridized carbons (Fsp3) is 0.238. The number of amides is 3. The number of hydrogen-bond acceptors (Lipinski definition) is 6. The van der Waals surface area contributed by atoms with Gasteiger partial charge >= 0.3 is 0 Å². The smallest absolute Gasteiger partial charge is 0.257 e. The Balaban J connectivity index is 1.56. The molecular formula is C21H15F2N3O5. The Bertz CT molecular complexity index is 1290. The van der Waals surface area contributed by atoms with Gasteiger partial charge in [-0.3, -0.25) is 19.7 Å². The fourth-order valence-corrected chi connectivity index (χ4v) is 4.20. The van der Waals surface area contributed by atoms with Gasteiger partial charge in [-0.25, -0.2) is 13.8 Å². The molecule has 10 heteroatoms. The van der Waals surface area contributed by atoms with Crippen molar-refractivity contribution in [2.45, 2.75) is 18.4 Å². The molecule has 0 spiro atoms. The van der Waals surface area contributed by atoms with Crippen LogP contribution < -0.4 is 10.1 Å². The third-order valence-electron chi connectivity index (χ3n) is 5.70. The Morgan fingerprint density at radius 3 is 2.77 bits per heavy atom. The lowest BCUT2D eigenvalue weighted by Gasteiger charge is -2.28. The van der Waals surface area contributed by atoms with Crippen LogP contribution in [0.1, 0.15) is 28.1 Å². The highest BCUT2D eigenvalue weighted by molar-refractivity contribution is 6.10. The summed E-state index contributed by atoms with van der Waals surface area (Å²) in [5.41, 5.74) is -1.15. The summed E-state index contributed by atoms with van der Waals surface area (Å²) < 4.78 is 38.9. The van der Waals surface area contributed by atoms with Crippen molar-refractivity contribution in [3.63, 3.8) is 0 Å². The summed E-state index contributed by atoms with van der Waals surface area (Å²) in [5.74, 6) is -3.18. The lowest BCUT2D eigenvalue weighted by atomic mass is 9.82. The highest BCUT2D eigenvalue weighted by Crippen LogP contribution is 2.39. The molecule has 3 aromatic rings. The van der Waals surface area contributed by atoms with Gasteiger partial charge in [0, 0.05) is 18.5 Å². The van der Waals surface area contributed by atoms with Gasteiger partial charge in [-0.05, 0) is 23.8 Å². The van der Waals surface area contributed by atoms with Crippen molar-refractivity contribution in [2.75, 3.05) is 13.7 Å². The molecule has 0 saturated carbocycles. The molecule has 158 valence electrons. The first kappa shape index (κ1) is 19.2. The van der Waals surface area contributed by atoms with Gasteiger partial charge in [-0.2, -0.15) is 0 Å². The lowest BCUT2D eigenvalue weighted by Crippen LogP contribution is -2.46. The highest BCUT2D eigenvalue weighted by atomic mass is 19.1. The fourth-order valence-electron chi connectivity index (χ4n) is 4.20. The first-order valence-corrected chi connectivity index (χ1v) is 9.37. The average Bonchev–Trinajstić information content (AvgIpc) is 3.37. The Morgan fingerprint density at radius 1 is 1.26 bits per heavy atom. The van der Waals surface area contributed by atoms with Crippen molar-refractivity contribution in [3.8, 4) is 5.75 Å². The number of nitrogens with zero attached hydrogens (tertiary/aromatic N) is 2. The molecule has 2 aliphatic rings. The van der Waals surface area contributed by atoms with Gasteiger partial charge in [0.15, 0.2) is 11.6 Å². The molecule has 1 aromatic carbocycles. The van der Waals surface area contributed by atoms with Crippen molar-refractivity contribution in [2.24, 2.45) is 0 Å². The van der Waals surface area contributed by atoms with E-state index < -0.39 is 34.8 Å². The van der Waals surface area contributed by atoms with Gasteiger partial charge in [-0.1, -0.05) is 6.07 Å². The molecule has 8 nitrogen and oxygen atoms in total. The zero-order valence-corrected chi connectivity index (χ0v) is 16.2. The first-order chi connectivity index (χ1) is 14.8. The molecule has 3 amide bonds. The molecule has 4 heterocycles. The van der Waals surface area contributed by atoms with E-state index in [0.717, 1.165) is 6.20 Å². The number of ether oxygens (including phenoxy) is 1. The number of carbonyl (C=O) groups excluding carboxylic acids is 3. The highest BCUT2D eigenvalue weighted by Gasteiger charge is 2.53. The average molecular weight is 427 g/mol. The minimum atomic E-state index is -1.55. The second-order valence-corrected chi connectivity index (χ2v) is 7.57. The summed E-state index contributed by atoms with van der Waals surface area (Å²) in [6.45, 7) is -0.187. The van der Waals surface area contributed by atoms with Crippen molar-refractivity contribution in [1.82, 2.24) is 15.2 Å². The van der Waals surface area contributed by atoms with E-state index in [1.807, 2.05) is 0 Å². The van der Waals surface area contributed by atoms with E-state index in [1.54, 1.807) is 6.07 Å². The molecule has 2 aromatic heterocycles. The Kier molecular flexibility index (Phi) is 4.07. The van der Waals surface area contributed by atoms with E-state index in [2.05, 4.69) is 10.3 Å². The van der Waals surface area contributed by atoms with Crippen LogP contribution in [0.25, 0.3) is 11.1 Å². The maximum Gasteiger partial charge on any atom is 0.257 e. The minimum Gasteiger partial charge on any atom is -0.494 e. The van der Waals surface area contributed by atoms with Gasteiger partial charge in [0.1, 0.15) is 17.0 Å². The molecule has 1 fully saturated rings. The first-order valence-electron chi connectivity index (χ1n) is 9.37.